The molecule has 80 valence electrons. The molecule has 15 heavy (non-hydrogen) atoms. The fourth-order valence-electron chi connectivity index (χ4n) is 1.45. The number of hydrogen-bond donors (Lipinski definition) is 2. The number of hydrogen-bond acceptors (Lipinski definition) is 3. The Labute approximate surface area is 92.4 Å². The minimum Gasteiger partial charge on any atom is -0.383 e. The van der Waals surface area contributed by atoms with Crippen molar-refractivity contribution >= 4 is 22.6 Å². The molecule has 0 bridgehead atoms. The first kappa shape index (κ1) is 10.4. The normalized spacial score (nSPS) is 13.3. The third-order valence-electron chi connectivity index (χ3n) is 2.18. The van der Waals surface area contributed by atoms with Crippen LogP contribution in [-0.4, -0.2) is 23.7 Å². The number of nitrogens with zero attached hydrogens (tertiary/aromatic N) is 1. The van der Waals surface area contributed by atoms with Gasteiger partial charge in [0.05, 0.1) is 23.2 Å². The number of fused-ring (bicyclic) bond motifs is 1. The second kappa shape index (κ2) is 4.18. The van der Waals surface area contributed by atoms with Crippen LogP contribution in [0.3, 0.4) is 0 Å². The molecule has 0 saturated carbocycles. The Morgan fingerprint density at radius 1 is 1.60 bits per heavy atom. The van der Waals surface area contributed by atoms with Crippen molar-refractivity contribution in [2.45, 2.75) is 6.04 Å². The molecular formula is C10H12ClN3O. The summed E-state index contributed by atoms with van der Waals surface area (Å²) < 4.78 is 4.97. The van der Waals surface area contributed by atoms with Gasteiger partial charge >= 0.3 is 0 Å². The Morgan fingerprint density at radius 2 is 2.40 bits per heavy atom. The Bertz CT molecular complexity index is 469. The molecule has 0 saturated heterocycles. The predicted octanol–water partition coefficient (Wildman–Crippen LogP) is 1.86. The number of aromatic nitrogens is 2. The standard InChI is InChI=1S/C10H12ClN3O/c1-15-5-7(12)10-13-8-4-2-3-6(11)9(8)14-10/h2-4,7H,5,12H2,1H3,(H,13,14). The van der Waals surface area contributed by atoms with Crippen molar-refractivity contribution < 1.29 is 4.74 Å². The summed E-state index contributed by atoms with van der Waals surface area (Å²) in [4.78, 5) is 7.46. The lowest BCUT2D eigenvalue weighted by Gasteiger charge is -2.05. The molecule has 4 nitrogen and oxygen atoms in total. The summed E-state index contributed by atoms with van der Waals surface area (Å²) in [7, 11) is 1.61. The lowest BCUT2D eigenvalue weighted by Crippen LogP contribution is -2.17. The Kier molecular flexibility index (Phi) is 2.90. The molecule has 5 heteroatoms. The van der Waals surface area contributed by atoms with E-state index in [1.807, 2.05) is 12.1 Å². The minimum atomic E-state index is -0.251. The summed E-state index contributed by atoms with van der Waals surface area (Å²) in [5.41, 5.74) is 7.50. The molecule has 0 spiro atoms. The smallest absolute Gasteiger partial charge is 0.126 e. The molecule has 0 radical (unpaired) electrons. The van der Waals surface area contributed by atoms with Gasteiger partial charge in [-0.1, -0.05) is 17.7 Å². The van der Waals surface area contributed by atoms with Crippen molar-refractivity contribution in [2.75, 3.05) is 13.7 Å². The average molecular weight is 226 g/mol. The fourth-order valence-corrected chi connectivity index (χ4v) is 1.67. The molecular weight excluding hydrogens is 214 g/mol. The first-order valence-electron chi connectivity index (χ1n) is 4.61. The van der Waals surface area contributed by atoms with Crippen LogP contribution in [0.4, 0.5) is 0 Å². The van der Waals surface area contributed by atoms with E-state index < -0.39 is 0 Å². The van der Waals surface area contributed by atoms with Gasteiger partial charge in [0.15, 0.2) is 0 Å². The molecule has 1 atom stereocenters. The maximum Gasteiger partial charge on any atom is 0.126 e. The van der Waals surface area contributed by atoms with Crippen LogP contribution < -0.4 is 5.73 Å². The van der Waals surface area contributed by atoms with E-state index in [9.17, 15) is 0 Å². The second-order valence-corrected chi connectivity index (χ2v) is 3.73. The highest BCUT2D eigenvalue weighted by molar-refractivity contribution is 6.34. The summed E-state index contributed by atoms with van der Waals surface area (Å²) in [5.74, 6) is 0.694. The van der Waals surface area contributed by atoms with Crippen LogP contribution >= 0.6 is 11.6 Å². The van der Waals surface area contributed by atoms with Crippen molar-refractivity contribution in [1.82, 2.24) is 9.97 Å². The van der Waals surface area contributed by atoms with Crippen LogP contribution in [-0.2, 0) is 4.74 Å². The van der Waals surface area contributed by atoms with E-state index in [2.05, 4.69) is 9.97 Å². The summed E-state index contributed by atoms with van der Waals surface area (Å²) in [6.07, 6.45) is 0. The first-order chi connectivity index (χ1) is 7.22. The molecule has 0 amide bonds. The van der Waals surface area contributed by atoms with E-state index in [0.717, 1.165) is 11.0 Å². The molecule has 0 aliphatic rings. The number of halogens is 1. The highest BCUT2D eigenvalue weighted by Crippen LogP contribution is 2.22. The molecule has 0 fully saturated rings. The van der Waals surface area contributed by atoms with Crippen LogP contribution in [0.25, 0.3) is 11.0 Å². The zero-order chi connectivity index (χ0) is 10.8. The third kappa shape index (κ3) is 1.97. The largest absolute Gasteiger partial charge is 0.383 e. The first-order valence-corrected chi connectivity index (χ1v) is 4.99. The Balaban J connectivity index is 2.43. The van der Waals surface area contributed by atoms with E-state index in [-0.39, 0.29) is 6.04 Å². The van der Waals surface area contributed by atoms with E-state index >= 15 is 0 Å². The SMILES string of the molecule is COCC(N)c1nc2c(Cl)cccc2[nH]1. The minimum absolute atomic E-state index is 0.251. The number of rotatable bonds is 3. The van der Waals surface area contributed by atoms with Gasteiger partial charge < -0.3 is 15.5 Å². The number of para-hydroxylation sites is 1. The number of benzene rings is 1. The second-order valence-electron chi connectivity index (χ2n) is 3.32. The summed E-state index contributed by atoms with van der Waals surface area (Å²) >= 11 is 6.00. The van der Waals surface area contributed by atoms with E-state index in [0.29, 0.717) is 17.5 Å². The number of aromatic amines is 1. The van der Waals surface area contributed by atoms with E-state index in [1.165, 1.54) is 0 Å². The highest BCUT2D eigenvalue weighted by Gasteiger charge is 2.12. The van der Waals surface area contributed by atoms with Crippen molar-refractivity contribution in [3.8, 4) is 0 Å². The number of imidazole rings is 1. The van der Waals surface area contributed by atoms with Crippen molar-refractivity contribution in [3.63, 3.8) is 0 Å². The monoisotopic (exact) mass is 225 g/mol. The van der Waals surface area contributed by atoms with Crippen LogP contribution in [0, 0.1) is 0 Å². The van der Waals surface area contributed by atoms with Crippen molar-refractivity contribution in [3.05, 3.63) is 29.0 Å². The topological polar surface area (TPSA) is 63.9 Å². The Hall–Kier alpha value is -1.10. The van der Waals surface area contributed by atoms with Gasteiger partial charge in [-0.3, -0.25) is 0 Å². The predicted molar refractivity (Wildman–Crippen MR) is 59.9 cm³/mol. The van der Waals surface area contributed by atoms with E-state index in [1.54, 1.807) is 13.2 Å². The number of methoxy groups -OCH3 is 1. The number of nitrogens with two attached hydrogens (primary N) is 1. The van der Waals surface area contributed by atoms with Crippen LogP contribution in [0.1, 0.15) is 11.9 Å². The Morgan fingerprint density at radius 3 is 3.07 bits per heavy atom. The number of ether oxygens (including phenoxy) is 1. The molecule has 2 aromatic rings. The fraction of sp³-hybridized carbons (Fsp3) is 0.300. The molecule has 1 aromatic heterocycles. The molecule has 0 aliphatic heterocycles. The maximum atomic E-state index is 6.00. The van der Waals surface area contributed by atoms with Crippen LogP contribution in [0.15, 0.2) is 18.2 Å². The van der Waals surface area contributed by atoms with Gasteiger partial charge in [-0.25, -0.2) is 4.98 Å². The van der Waals surface area contributed by atoms with Gasteiger partial charge in [0, 0.05) is 7.11 Å². The van der Waals surface area contributed by atoms with Gasteiger partial charge in [0.25, 0.3) is 0 Å². The molecule has 2 rings (SSSR count). The number of nitrogens with one attached hydrogen (secondary N) is 1. The summed E-state index contributed by atoms with van der Waals surface area (Å²) in [6.45, 7) is 0.428. The number of H-pyrrole nitrogens is 1. The van der Waals surface area contributed by atoms with Gasteiger partial charge in [0.2, 0.25) is 0 Å². The quantitative estimate of drug-likeness (QED) is 0.838. The zero-order valence-corrected chi connectivity index (χ0v) is 9.08. The van der Waals surface area contributed by atoms with Gasteiger partial charge in [0.1, 0.15) is 11.3 Å². The summed E-state index contributed by atoms with van der Waals surface area (Å²) in [5, 5.41) is 0.625. The zero-order valence-electron chi connectivity index (χ0n) is 8.33. The maximum absolute atomic E-state index is 6.00. The van der Waals surface area contributed by atoms with Gasteiger partial charge in [-0.2, -0.15) is 0 Å². The molecule has 0 aliphatic carbocycles. The third-order valence-corrected chi connectivity index (χ3v) is 2.48. The van der Waals surface area contributed by atoms with Gasteiger partial charge in [-0.15, -0.1) is 0 Å². The lowest BCUT2D eigenvalue weighted by molar-refractivity contribution is 0.178. The van der Waals surface area contributed by atoms with E-state index in [4.69, 9.17) is 22.1 Å². The molecule has 3 N–H and O–H groups in total. The average Bonchev–Trinajstić information content (AvgIpc) is 2.63. The molecule has 1 unspecified atom stereocenters. The van der Waals surface area contributed by atoms with Crippen molar-refractivity contribution in [1.29, 1.82) is 0 Å². The van der Waals surface area contributed by atoms with Crippen LogP contribution in [0.5, 0.6) is 0 Å². The lowest BCUT2D eigenvalue weighted by atomic mass is 10.3. The highest BCUT2D eigenvalue weighted by atomic mass is 35.5. The van der Waals surface area contributed by atoms with Crippen LogP contribution in [0.2, 0.25) is 5.02 Å². The molecule has 1 aromatic carbocycles. The summed E-state index contributed by atoms with van der Waals surface area (Å²) in [6, 6.07) is 5.33. The van der Waals surface area contributed by atoms with Crippen molar-refractivity contribution in [2.24, 2.45) is 5.73 Å². The molecule has 1 heterocycles. The van der Waals surface area contributed by atoms with Gasteiger partial charge in [-0.05, 0) is 12.1 Å².